The number of carbonyl (C=O) groups excluding carboxylic acids is 1. The van der Waals surface area contributed by atoms with Gasteiger partial charge in [0.15, 0.2) is 0 Å². The van der Waals surface area contributed by atoms with Crippen molar-refractivity contribution in [2.75, 3.05) is 0 Å². The van der Waals surface area contributed by atoms with Gasteiger partial charge in [-0.15, -0.1) is 0 Å². The lowest BCUT2D eigenvalue weighted by Crippen LogP contribution is -2.33. The molecule has 0 fully saturated rings. The van der Waals surface area contributed by atoms with Crippen LogP contribution in [0.4, 0.5) is 4.79 Å². The van der Waals surface area contributed by atoms with Crippen LogP contribution in [-0.4, -0.2) is 23.1 Å². The number of hydrogen-bond acceptors (Lipinski definition) is 3. The second kappa shape index (κ2) is 3.82. The van der Waals surface area contributed by atoms with Crippen LogP contribution in [0.25, 0.3) is 0 Å². The van der Waals surface area contributed by atoms with Crippen LogP contribution in [0.15, 0.2) is 28.2 Å². The maximum absolute atomic E-state index is 10.9. The summed E-state index contributed by atoms with van der Waals surface area (Å²) in [5, 5.41) is 9.64. The maximum Gasteiger partial charge on any atom is 0.368 e. The molecule has 0 saturated heterocycles. The quantitative estimate of drug-likeness (QED) is 0.681. The molecule has 3 N–H and O–H groups in total. The zero-order chi connectivity index (χ0) is 11.7. The number of hydrogen-bond donors (Lipinski definition) is 2. The van der Waals surface area contributed by atoms with Crippen LogP contribution in [0.1, 0.15) is 5.56 Å². The van der Waals surface area contributed by atoms with Crippen LogP contribution in [0.2, 0.25) is 0 Å². The van der Waals surface area contributed by atoms with Gasteiger partial charge in [-0.3, -0.25) is 4.79 Å². The van der Waals surface area contributed by atoms with Crippen molar-refractivity contribution < 1.29 is 14.7 Å². The zero-order valence-corrected chi connectivity index (χ0v) is 8.25. The van der Waals surface area contributed by atoms with E-state index in [9.17, 15) is 9.59 Å². The summed E-state index contributed by atoms with van der Waals surface area (Å²) in [7, 11) is 0. The number of aliphatic carboxylic acids is 1. The van der Waals surface area contributed by atoms with E-state index in [2.05, 4.69) is 9.98 Å². The molecule has 1 atom stereocenters. The predicted octanol–water partition coefficient (Wildman–Crippen LogP) is -0.986. The molecule has 6 heteroatoms. The summed E-state index contributed by atoms with van der Waals surface area (Å²) in [6.45, 7) is 0. The van der Waals surface area contributed by atoms with Gasteiger partial charge in [-0.1, -0.05) is 6.07 Å². The molecular weight excluding hydrogens is 210 g/mol. The Morgan fingerprint density at radius 1 is 1.38 bits per heavy atom. The Morgan fingerprint density at radius 2 is 2.06 bits per heavy atom. The van der Waals surface area contributed by atoms with E-state index < -0.39 is 18.0 Å². The first-order valence-electron chi connectivity index (χ1n) is 4.65. The lowest BCUT2D eigenvalue weighted by atomic mass is 10.1. The van der Waals surface area contributed by atoms with E-state index in [1.165, 1.54) is 0 Å². The Kier molecular flexibility index (Phi) is 2.49. The fraction of sp³-hybridized carbons (Fsp3) is 0.200. The lowest BCUT2D eigenvalue weighted by Gasteiger charge is -2.05. The van der Waals surface area contributed by atoms with Gasteiger partial charge in [0, 0.05) is 0 Å². The summed E-state index contributed by atoms with van der Waals surface area (Å²) in [5.74, 6) is -1.06. The summed E-state index contributed by atoms with van der Waals surface area (Å²) < 4.78 is 0. The number of fused-ring (bicyclic) bond motifs is 1. The van der Waals surface area contributed by atoms with Crippen LogP contribution in [0.3, 0.4) is 0 Å². The molecular formula is C10H9N3O3. The molecule has 0 aromatic heterocycles. The number of rotatable bonds is 3. The second-order valence-electron chi connectivity index (χ2n) is 3.48. The molecule has 1 aliphatic rings. The van der Waals surface area contributed by atoms with Gasteiger partial charge < -0.3 is 10.8 Å². The third kappa shape index (κ3) is 1.96. The van der Waals surface area contributed by atoms with Gasteiger partial charge in [0.05, 0.1) is 10.7 Å². The Morgan fingerprint density at radius 3 is 2.75 bits per heavy atom. The highest BCUT2D eigenvalue weighted by Gasteiger charge is 2.13. The summed E-state index contributed by atoms with van der Waals surface area (Å²) in [6, 6.07) is 3.47. The number of nitrogens with two attached hydrogens (primary N) is 1. The molecule has 2 amide bonds. The summed E-state index contributed by atoms with van der Waals surface area (Å²) >= 11 is 0. The molecule has 6 nitrogen and oxygen atoms in total. The van der Waals surface area contributed by atoms with Crippen molar-refractivity contribution >= 4 is 12.0 Å². The smallest absolute Gasteiger partial charge is 0.368 e. The van der Waals surface area contributed by atoms with Crippen LogP contribution in [-0.2, 0) is 11.2 Å². The van der Waals surface area contributed by atoms with Gasteiger partial charge in [-0.2, -0.15) is 9.98 Å². The molecule has 16 heavy (non-hydrogen) atoms. The van der Waals surface area contributed by atoms with Crippen molar-refractivity contribution in [3.63, 3.8) is 0 Å². The first kappa shape index (κ1) is 10.4. The number of carboxylic acid groups (broad SMARTS) is 1. The highest BCUT2D eigenvalue weighted by atomic mass is 16.4. The Labute approximate surface area is 90.1 Å². The number of carboxylic acids is 1. The second-order valence-corrected chi connectivity index (χ2v) is 3.48. The van der Waals surface area contributed by atoms with Gasteiger partial charge in [0.2, 0.25) is 0 Å². The topological polar surface area (TPSA) is 105 Å². The Bertz CT molecular complexity index is 579. The number of urea groups is 1. The molecule has 82 valence electrons. The van der Waals surface area contributed by atoms with Crippen molar-refractivity contribution in [3.05, 3.63) is 34.5 Å². The molecule has 0 spiro atoms. The molecule has 0 saturated carbocycles. The van der Waals surface area contributed by atoms with Gasteiger partial charge >= 0.3 is 12.0 Å². The van der Waals surface area contributed by atoms with Crippen molar-refractivity contribution in [1.82, 2.24) is 0 Å². The van der Waals surface area contributed by atoms with Gasteiger partial charge in [-0.05, 0) is 24.1 Å². The molecule has 1 unspecified atom stereocenters. The van der Waals surface area contributed by atoms with E-state index in [1.807, 2.05) is 0 Å². The lowest BCUT2D eigenvalue weighted by molar-refractivity contribution is -0.138. The maximum atomic E-state index is 10.9. The molecule has 0 aliphatic carbocycles. The molecule has 1 heterocycles. The standard InChI is InChI=1S/C10H9N3O3/c11-6(9(14)15)3-5-1-2-7-8(4-5)13-10(16)12-7/h1-2,4,6H,3,11H2,(H,14,15). The number of amides is 2. The minimum atomic E-state index is -1.06. The van der Waals surface area contributed by atoms with E-state index in [4.69, 9.17) is 10.8 Å². The van der Waals surface area contributed by atoms with Gasteiger partial charge in [0.1, 0.15) is 6.04 Å². The minimum Gasteiger partial charge on any atom is -0.480 e. The summed E-state index contributed by atoms with van der Waals surface area (Å²) in [6.07, 6.45) is 0.201. The molecule has 0 bridgehead atoms. The SMILES string of the molecule is NC(Cc1ccc2c(c1)=NC(=O)N=2)C(=O)O. The summed E-state index contributed by atoms with van der Waals surface area (Å²) in [4.78, 5) is 28.8. The van der Waals surface area contributed by atoms with Crippen LogP contribution in [0, 0.1) is 0 Å². The Balaban J connectivity index is 2.31. The van der Waals surface area contributed by atoms with E-state index in [0.29, 0.717) is 10.7 Å². The van der Waals surface area contributed by atoms with Crippen LogP contribution in [0.5, 0.6) is 0 Å². The molecule has 0 radical (unpaired) electrons. The van der Waals surface area contributed by atoms with Crippen molar-refractivity contribution in [2.24, 2.45) is 15.7 Å². The first-order valence-corrected chi connectivity index (χ1v) is 4.65. The minimum absolute atomic E-state index is 0.201. The number of benzene rings is 1. The first-order chi connectivity index (χ1) is 7.56. The number of nitrogens with zero attached hydrogens (tertiary/aromatic N) is 2. The van der Waals surface area contributed by atoms with Crippen molar-refractivity contribution in [2.45, 2.75) is 12.5 Å². The highest BCUT2D eigenvalue weighted by Crippen LogP contribution is 1.99. The third-order valence-electron chi connectivity index (χ3n) is 2.24. The highest BCUT2D eigenvalue weighted by molar-refractivity contribution is 5.77. The Hall–Kier alpha value is -2.08. The van der Waals surface area contributed by atoms with Crippen LogP contribution >= 0.6 is 0 Å². The molecule has 1 aromatic rings. The average molecular weight is 219 g/mol. The van der Waals surface area contributed by atoms with E-state index in [1.54, 1.807) is 18.2 Å². The third-order valence-corrected chi connectivity index (χ3v) is 2.24. The van der Waals surface area contributed by atoms with Crippen molar-refractivity contribution in [1.29, 1.82) is 0 Å². The predicted molar refractivity (Wildman–Crippen MR) is 53.5 cm³/mol. The molecule has 1 aromatic carbocycles. The normalized spacial score (nSPS) is 14.9. The summed E-state index contributed by atoms with van der Waals surface area (Å²) in [5.41, 5.74) is 6.12. The number of carbonyl (C=O) groups is 2. The monoisotopic (exact) mass is 219 g/mol. The van der Waals surface area contributed by atoms with Gasteiger partial charge in [-0.25, -0.2) is 4.79 Å². The average Bonchev–Trinajstić information content (AvgIpc) is 2.57. The fourth-order valence-electron chi connectivity index (χ4n) is 1.45. The molecule has 2 rings (SSSR count). The van der Waals surface area contributed by atoms with Gasteiger partial charge in [0.25, 0.3) is 0 Å². The zero-order valence-electron chi connectivity index (χ0n) is 8.25. The molecule has 1 aliphatic heterocycles. The van der Waals surface area contributed by atoms with Crippen LogP contribution < -0.4 is 16.4 Å². The largest absolute Gasteiger partial charge is 0.480 e. The fourth-order valence-corrected chi connectivity index (χ4v) is 1.45. The van der Waals surface area contributed by atoms with Crippen molar-refractivity contribution in [3.8, 4) is 0 Å². The van der Waals surface area contributed by atoms with E-state index in [0.717, 1.165) is 5.56 Å². The van der Waals surface area contributed by atoms with E-state index >= 15 is 0 Å². The van der Waals surface area contributed by atoms with E-state index in [-0.39, 0.29) is 6.42 Å².